The monoisotopic (exact) mass is 538 g/mol. The maximum atomic E-state index is 12.5. The molecule has 1 fully saturated rings. The summed E-state index contributed by atoms with van der Waals surface area (Å²) in [4.78, 5) is 36.3. The Morgan fingerprint density at radius 1 is 1.05 bits per heavy atom. The van der Waals surface area contributed by atoms with Gasteiger partial charge in [-0.25, -0.2) is 19.9 Å². The molecule has 0 spiro atoms. The highest BCUT2D eigenvalue weighted by atomic mass is 19.4. The van der Waals surface area contributed by atoms with Gasteiger partial charge in [0.1, 0.15) is 18.6 Å². The maximum Gasteiger partial charge on any atom is 0.397 e. The van der Waals surface area contributed by atoms with Crippen LogP contribution in [0.25, 0.3) is 22.3 Å². The van der Waals surface area contributed by atoms with E-state index in [2.05, 4.69) is 49.0 Å². The first-order chi connectivity index (χ1) is 18.6. The number of imidazole rings is 1. The first-order valence-corrected chi connectivity index (χ1v) is 12.7. The molecule has 9 nitrogen and oxygen atoms in total. The van der Waals surface area contributed by atoms with Gasteiger partial charge in [0, 0.05) is 50.2 Å². The second-order valence-corrected chi connectivity index (χ2v) is 9.92. The Labute approximate surface area is 223 Å². The molecule has 0 radical (unpaired) electrons. The molecular weight excluding hydrogens is 509 g/mol. The number of nitrogens with one attached hydrogen (secondary N) is 2. The smallest absolute Gasteiger partial charge is 0.340 e. The van der Waals surface area contributed by atoms with Crippen LogP contribution in [-0.2, 0) is 11.3 Å². The molecule has 1 amide bonds. The number of hydrogen-bond donors (Lipinski definition) is 2. The Hall–Kier alpha value is -4.06. The minimum atomic E-state index is -4.48. The molecule has 1 aromatic carbocycles. The number of rotatable bonds is 7. The van der Waals surface area contributed by atoms with E-state index in [0.717, 1.165) is 33.5 Å². The van der Waals surface area contributed by atoms with E-state index in [-0.39, 0.29) is 13.1 Å². The largest absolute Gasteiger partial charge is 0.397 e. The lowest BCUT2D eigenvalue weighted by molar-refractivity contribution is -0.162. The van der Waals surface area contributed by atoms with Crippen LogP contribution < -0.4 is 5.32 Å². The summed E-state index contributed by atoms with van der Waals surface area (Å²) in [5.41, 5.74) is 5.43. The Balaban J connectivity index is 1.22. The number of fused-ring (bicyclic) bond motifs is 1. The molecule has 0 saturated carbocycles. The highest BCUT2D eigenvalue weighted by Crippen LogP contribution is 2.26. The highest BCUT2D eigenvalue weighted by Gasteiger charge is 2.34. The zero-order valence-electron chi connectivity index (χ0n) is 21.7. The first kappa shape index (κ1) is 26.5. The van der Waals surface area contributed by atoms with Crippen LogP contribution in [0.4, 0.5) is 24.9 Å². The van der Waals surface area contributed by atoms with E-state index in [9.17, 15) is 18.0 Å². The molecule has 1 aliphatic heterocycles. The number of amides is 1. The lowest BCUT2D eigenvalue weighted by atomic mass is 10.1. The molecular formula is C27H29F3N8O. The van der Waals surface area contributed by atoms with Gasteiger partial charge in [0.05, 0.1) is 16.7 Å². The van der Waals surface area contributed by atoms with E-state index in [1.165, 1.54) is 4.90 Å². The number of alkyl halides is 3. The lowest BCUT2D eigenvalue weighted by Gasteiger charge is -2.35. The van der Waals surface area contributed by atoms with E-state index in [1.807, 2.05) is 36.4 Å². The van der Waals surface area contributed by atoms with Gasteiger partial charge in [-0.15, -0.1) is 0 Å². The van der Waals surface area contributed by atoms with Crippen LogP contribution in [0, 0.1) is 0 Å². The second kappa shape index (κ2) is 11.0. The van der Waals surface area contributed by atoms with Gasteiger partial charge < -0.3 is 15.2 Å². The van der Waals surface area contributed by atoms with Crippen molar-refractivity contribution in [2.45, 2.75) is 38.9 Å². The number of anilines is 2. The van der Waals surface area contributed by atoms with Crippen molar-refractivity contribution in [3.8, 4) is 11.3 Å². The molecule has 3 aromatic heterocycles. The number of benzene rings is 1. The topological polar surface area (TPSA) is 103 Å². The van der Waals surface area contributed by atoms with Crippen molar-refractivity contribution >= 4 is 28.7 Å². The summed E-state index contributed by atoms with van der Waals surface area (Å²) < 4.78 is 37.6. The van der Waals surface area contributed by atoms with E-state index in [4.69, 9.17) is 0 Å². The Kier molecular flexibility index (Phi) is 7.47. The number of nitrogens with zero attached hydrogens (tertiary/aromatic N) is 6. The van der Waals surface area contributed by atoms with Crippen molar-refractivity contribution < 1.29 is 18.0 Å². The quantitative estimate of drug-likeness (QED) is 0.346. The molecule has 12 heteroatoms. The van der Waals surface area contributed by atoms with Crippen molar-refractivity contribution in [1.29, 1.82) is 0 Å². The van der Waals surface area contributed by atoms with Gasteiger partial charge in [0.2, 0.25) is 11.9 Å². The van der Waals surface area contributed by atoms with Gasteiger partial charge in [-0.2, -0.15) is 13.2 Å². The second-order valence-electron chi connectivity index (χ2n) is 9.92. The number of H-pyrrole nitrogens is 1. The number of carbonyl (C=O) groups excluding carboxylic acids is 1. The number of carbonyl (C=O) groups is 1. The normalized spacial score (nSPS) is 14.8. The van der Waals surface area contributed by atoms with Crippen molar-refractivity contribution in [3.05, 3.63) is 60.2 Å². The summed E-state index contributed by atoms with van der Waals surface area (Å²) in [6, 6.07) is 11.7. The third kappa shape index (κ3) is 6.69. The molecule has 0 atom stereocenters. The zero-order chi connectivity index (χ0) is 27.6. The van der Waals surface area contributed by atoms with Gasteiger partial charge in [0.15, 0.2) is 0 Å². The van der Waals surface area contributed by atoms with Gasteiger partial charge in [-0.1, -0.05) is 19.9 Å². The highest BCUT2D eigenvalue weighted by molar-refractivity contribution is 5.83. The number of aromatic nitrogens is 5. The number of aromatic amines is 1. The molecule has 39 heavy (non-hydrogen) atoms. The SMILES string of the molecule is CC(C)c1cc(-c2ccc3nc(Nc4cc(CN5CCN(C(=O)CC(F)(F)F)CC5)ccn4)[nH]c3c2)ncn1. The van der Waals surface area contributed by atoms with Crippen LogP contribution in [0.5, 0.6) is 0 Å². The maximum absolute atomic E-state index is 12.5. The molecule has 1 aliphatic rings. The summed E-state index contributed by atoms with van der Waals surface area (Å²) >= 11 is 0. The third-order valence-electron chi connectivity index (χ3n) is 6.61. The van der Waals surface area contributed by atoms with Crippen LogP contribution >= 0.6 is 0 Å². The molecule has 2 N–H and O–H groups in total. The number of halogens is 3. The average Bonchev–Trinajstić information content (AvgIpc) is 3.30. The van der Waals surface area contributed by atoms with Crippen LogP contribution in [0.1, 0.15) is 37.4 Å². The molecule has 204 valence electrons. The summed E-state index contributed by atoms with van der Waals surface area (Å²) in [5, 5.41) is 3.22. The fraction of sp³-hybridized carbons (Fsp3) is 0.370. The minimum absolute atomic E-state index is 0.278. The molecule has 0 unspecified atom stereocenters. The molecule has 0 bridgehead atoms. The van der Waals surface area contributed by atoms with Crippen molar-refractivity contribution in [2.75, 3.05) is 31.5 Å². The standard InChI is InChI=1S/C27H29F3N8O/c1-17(2)21-13-22(33-16-32-21)19-3-4-20-23(12-19)35-26(34-20)36-24-11-18(5-6-31-24)15-37-7-9-38(10-8-37)25(39)14-27(28,29)30/h3-6,11-13,16-17H,7-10,14-15H2,1-2H3,(H2,31,34,35,36). The fourth-order valence-corrected chi connectivity index (χ4v) is 4.53. The van der Waals surface area contributed by atoms with E-state index in [0.29, 0.717) is 37.3 Å². The van der Waals surface area contributed by atoms with Crippen LogP contribution in [0.2, 0.25) is 0 Å². The lowest BCUT2D eigenvalue weighted by Crippen LogP contribution is -2.49. The minimum Gasteiger partial charge on any atom is -0.340 e. The zero-order valence-corrected chi connectivity index (χ0v) is 21.7. The summed E-state index contributed by atoms with van der Waals surface area (Å²) in [6.07, 6.45) is -2.61. The van der Waals surface area contributed by atoms with Gasteiger partial charge >= 0.3 is 6.18 Å². The van der Waals surface area contributed by atoms with Gasteiger partial charge in [-0.05, 0) is 41.8 Å². The number of piperazine rings is 1. The summed E-state index contributed by atoms with van der Waals surface area (Å²) in [5.74, 6) is 0.601. The van der Waals surface area contributed by atoms with Crippen LogP contribution in [0.3, 0.4) is 0 Å². The van der Waals surface area contributed by atoms with Gasteiger partial charge in [0.25, 0.3) is 0 Å². The van der Waals surface area contributed by atoms with Crippen molar-refractivity contribution in [1.82, 2.24) is 34.7 Å². The Bertz CT molecular complexity index is 1460. The average molecular weight is 539 g/mol. The molecule has 4 heterocycles. The predicted octanol–water partition coefficient (Wildman–Crippen LogP) is 4.88. The number of hydrogen-bond acceptors (Lipinski definition) is 7. The Morgan fingerprint density at radius 2 is 1.85 bits per heavy atom. The fourth-order valence-electron chi connectivity index (χ4n) is 4.53. The molecule has 0 aliphatic carbocycles. The van der Waals surface area contributed by atoms with Crippen LogP contribution in [0.15, 0.2) is 48.9 Å². The van der Waals surface area contributed by atoms with Crippen molar-refractivity contribution in [2.24, 2.45) is 0 Å². The number of pyridine rings is 1. The summed E-state index contributed by atoms with van der Waals surface area (Å²) in [7, 11) is 0. The summed E-state index contributed by atoms with van der Waals surface area (Å²) in [6.45, 7) is 6.35. The van der Waals surface area contributed by atoms with E-state index >= 15 is 0 Å². The molecule has 5 rings (SSSR count). The predicted molar refractivity (Wildman–Crippen MR) is 141 cm³/mol. The molecule has 1 saturated heterocycles. The first-order valence-electron chi connectivity index (χ1n) is 12.7. The van der Waals surface area contributed by atoms with Crippen LogP contribution in [-0.4, -0.2) is 73.0 Å². The van der Waals surface area contributed by atoms with Crippen molar-refractivity contribution in [3.63, 3.8) is 0 Å². The van der Waals surface area contributed by atoms with E-state index < -0.39 is 18.5 Å². The van der Waals surface area contributed by atoms with E-state index in [1.54, 1.807) is 12.5 Å². The van der Waals surface area contributed by atoms with Gasteiger partial charge in [-0.3, -0.25) is 9.69 Å². The third-order valence-corrected chi connectivity index (χ3v) is 6.61. The molecule has 4 aromatic rings. The Morgan fingerprint density at radius 3 is 2.59 bits per heavy atom.